The van der Waals surface area contributed by atoms with Gasteiger partial charge in [-0.05, 0) is 37.8 Å². The van der Waals surface area contributed by atoms with Gasteiger partial charge in [-0.15, -0.1) is 0 Å². The number of fused-ring (bicyclic) bond motifs is 1. The Balaban J connectivity index is 1.90. The number of aromatic nitrogens is 2. The molecule has 3 rings (SSSR count). The molecule has 144 valence electrons. The first-order chi connectivity index (χ1) is 13.0. The monoisotopic (exact) mass is 390 g/mol. The number of anilines is 2. The Labute approximate surface area is 163 Å². The number of nitrogens with one attached hydrogen (secondary N) is 1. The van der Waals surface area contributed by atoms with Crippen LogP contribution in [0, 0.1) is 5.92 Å². The molecule has 0 aliphatic carbocycles. The zero-order chi connectivity index (χ0) is 19.4. The van der Waals surface area contributed by atoms with Gasteiger partial charge in [0.05, 0.1) is 16.2 Å². The minimum Gasteiger partial charge on any atom is -0.403 e. The van der Waals surface area contributed by atoms with E-state index in [-0.39, 0.29) is 11.6 Å². The maximum Gasteiger partial charge on any atom is 0.233 e. The molecule has 0 atom stereocenters. The zero-order valence-corrected chi connectivity index (χ0v) is 16.3. The first-order valence-corrected chi connectivity index (χ1v) is 9.50. The molecule has 3 N–H and O–H groups in total. The van der Waals surface area contributed by atoms with E-state index in [1.807, 2.05) is 12.1 Å². The molecule has 0 unspecified atom stereocenters. The molecule has 27 heavy (non-hydrogen) atoms. The van der Waals surface area contributed by atoms with E-state index in [0.29, 0.717) is 11.6 Å². The number of nitrogens with zero attached hydrogens (tertiary/aromatic N) is 4. The second kappa shape index (κ2) is 8.52. The number of hydrogen-bond acceptors (Lipinski definition) is 6. The van der Waals surface area contributed by atoms with Crippen LogP contribution in [0.5, 0.6) is 0 Å². The van der Waals surface area contributed by atoms with Gasteiger partial charge in [-0.2, -0.15) is 4.39 Å². The van der Waals surface area contributed by atoms with Crippen LogP contribution in [0.4, 0.5) is 16.0 Å². The Morgan fingerprint density at radius 2 is 2.19 bits per heavy atom. The van der Waals surface area contributed by atoms with Crippen LogP contribution in [0.2, 0.25) is 5.02 Å². The van der Waals surface area contributed by atoms with Crippen molar-refractivity contribution in [2.24, 2.45) is 16.6 Å². The summed E-state index contributed by atoms with van der Waals surface area (Å²) in [5.74, 6) is 0.309. The van der Waals surface area contributed by atoms with Crippen molar-refractivity contribution in [3.05, 3.63) is 35.2 Å². The van der Waals surface area contributed by atoms with E-state index in [2.05, 4.69) is 32.1 Å². The lowest BCUT2D eigenvalue weighted by Crippen LogP contribution is -2.32. The van der Waals surface area contributed by atoms with Crippen LogP contribution in [0.15, 0.2) is 35.2 Å². The molecule has 1 aliphatic heterocycles. The Morgan fingerprint density at radius 3 is 2.85 bits per heavy atom. The number of halogens is 2. The standard InChI is InChI=1S/C19H24ClFN6/c1-3-23-18(21)16(10-22)26-19-24-11-13-8-14(20)17(9-15(13)25-19)27-6-4-12(2)5-7-27/h8-12H,3-7,22H2,1-2H3,(H,24,25,26)/b16-10+,23-18?. The first kappa shape index (κ1) is 19.4. The van der Waals surface area contributed by atoms with Crippen molar-refractivity contribution in [1.29, 1.82) is 0 Å². The van der Waals surface area contributed by atoms with Gasteiger partial charge >= 0.3 is 0 Å². The molecule has 1 saturated heterocycles. The lowest BCUT2D eigenvalue weighted by molar-refractivity contribution is 0.438. The molecule has 1 fully saturated rings. The minimum absolute atomic E-state index is 0.0374. The molecule has 2 heterocycles. The van der Waals surface area contributed by atoms with Crippen molar-refractivity contribution in [1.82, 2.24) is 9.97 Å². The third-order valence-corrected chi connectivity index (χ3v) is 5.01. The van der Waals surface area contributed by atoms with Gasteiger partial charge in [0.1, 0.15) is 5.70 Å². The van der Waals surface area contributed by atoms with Gasteiger partial charge in [0.2, 0.25) is 11.9 Å². The normalized spacial score (nSPS) is 16.8. The van der Waals surface area contributed by atoms with Crippen LogP contribution in [0.3, 0.4) is 0 Å². The highest BCUT2D eigenvalue weighted by atomic mass is 35.5. The van der Waals surface area contributed by atoms with E-state index in [1.54, 1.807) is 13.1 Å². The number of allylic oxidation sites excluding steroid dienone is 1. The third-order valence-electron chi connectivity index (χ3n) is 4.71. The SMILES string of the molecule is CCN=C(F)/C(=C\N)Nc1ncc2cc(Cl)c(N3CCC(C)CC3)cc2n1. The predicted octanol–water partition coefficient (Wildman–Crippen LogP) is 4.12. The Hall–Kier alpha value is -2.41. The fraction of sp³-hybridized carbons (Fsp3) is 0.421. The molecule has 2 aromatic rings. The number of rotatable bonds is 5. The van der Waals surface area contributed by atoms with Crippen molar-refractivity contribution in [2.45, 2.75) is 26.7 Å². The van der Waals surface area contributed by atoms with Gasteiger partial charge in [-0.3, -0.25) is 4.99 Å². The molecule has 0 radical (unpaired) electrons. The molecule has 1 aliphatic rings. The van der Waals surface area contributed by atoms with Crippen LogP contribution in [-0.4, -0.2) is 35.6 Å². The van der Waals surface area contributed by atoms with Crippen molar-refractivity contribution < 1.29 is 4.39 Å². The Kier molecular flexibility index (Phi) is 6.11. The lowest BCUT2D eigenvalue weighted by atomic mass is 9.98. The van der Waals surface area contributed by atoms with Gasteiger partial charge in [0.25, 0.3) is 0 Å². The lowest BCUT2D eigenvalue weighted by Gasteiger charge is -2.32. The van der Waals surface area contributed by atoms with E-state index in [1.165, 1.54) is 0 Å². The molecule has 1 aromatic heterocycles. The van der Waals surface area contributed by atoms with Gasteiger partial charge in [-0.1, -0.05) is 18.5 Å². The third kappa shape index (κ3) is 4.47. The number of benzene rings is 1. The van der Waals surface area contributed by atoms with Gasteiger partial charge in [0.15, 0.2) is 0 Å². The molecule has 0 saturated carbocycles. The largest absolute Gasteiger partial charge is 0.403 e. The summed E-state index contributed by atoms with van der Waals surface area (Å²) in [6, 6.07) is 3.83. The van der Waals surface area contributed by atoms with E-state index in [0.717, 1.165) is 54.6 Å². The molecular weight excluding hydrogens is 367 g/mol. The smallest absolute Gasteiger partial charge is 0.233 e. The van der Waals surface area contributed by atoms with Crippen LogP contribution >= 0.6 is 11.6 Å². The van der Waals surface area contributed by atoms with Crippen LogP contribution in [0.1, 0.15) is 26.7 Å². The maximum atomic E-state index is 13.9. The average molecular weight is 391 g/mol. The quantitative estimate of drug-likeness (QED) is 0.750. The summed E-state index contributed by atoms with van der Waals surface area (Å²) in [7, 11) is 0. The summed E-state index contributed by atoms with van der Waals surface area (Å²) in [6.07, 6.45) is 5.06. The number of nitrogens with two attached hydrogens (primary N) is 1. The summed E-state index contributed by atoms with van der Waals surface area (Å²) in [5.41, 5.74) is 7.23. The average Bonchev–Trinajstić information content (AvgIpc) is 2.66. The highest BCUT2D eigenvalue weighted by Crippen LogP contribution is 2.33. The minimum atomic E-state index is -0.678. The number of aliphatic imine (C=N–C) groups is 1. The zero-order valence-electron chi connectivity index (χ0n) is 15.5. The molecule has 6 nitrogen and oxygen atoms in total. The summed E-state index contributed by atoms with van der Waals surface area (Å²) < 4.78 is 13.9. The fourth-order valence-corrected chi connectivity index (χ4v) is 3.39. The van der Waals surface area contributed by atoms with Crippen molar-refractivity contribution >= 4 is 40.1 Å². The fourth-order valence-electron chi connectivity index (χ4n) is 3.10. The van der Waals surface area contributed by atoms with Gasteiger partial charge < -0.3 is 16.0 Å². The summed E-state index contributed by atoms with van der Waals surface area (Å²) in [6.45, 7) is 6.28. The van der Waals surface area contributed by atoms with Crippen LogP contribution in [0.25, 0.3) is 10.9 Å². The second-order valence-electron chi connectivity index (χ2n) is 6.70. The van der Waals surface area contributed by atoms with E-state index in [4.69, 9.17) is 17.3 Å². The topological polar surface area (TPSA) is 79.4 Å². The molecule has 0 spiro atoms. The van der Waals surface area contributed by atoms with E-state index < -0.39 is 5.97 Å². The highest BCUT2D eigenvalue weighted by Gasteiger charge is 2.19. The first-order valence-electron chi connectivity index (χ1n) is 9.12. The van der Waals surface area contributed by atoms with Crippen LogP contribution < -0.4 is 16.0 Å². The van der Waals surface area contributed by atoms with Crippen molar-refractivity contribution in [3.63, 3.8) is 0 Å². The van der Waals surface area contributed by atoms with E-state index >= 15 is 0 Å². The summed E-state index contributed by atoms with van der Waals surface area (Å²) in [4.78, 5) is 14.7. The van der Waals surface area contributed by atoms with Crippen molar-refractivity contribution in [3.8, 4) is 0 Å². The van der Waals surface area contributed by atoms with Gasteiger partial charge in [0, 0.05) is 37.4 Å². The second-order valence-corrected chi connectivity index (χ2v) is 7.10. The molecule has 1 aromatic carbocycles. The molecule has 8 heteroatoms. The molecule has 0 amide bonds. The molecule has 0 bridgehead atoms. The Morgan fingerprint density at radius 1 is 1.44 bits per heavy atom. The number of piperidine rings is 1. The Bertz CT molecular complexity index is 874. The van der Waals surface area contributed by atoms with E-state index in [9.17, 15) is 4.39 Å². The van der Waals surface area contributed by atoms with Crippen LogP contribution in [-0.2, 0) is 0 Å². The summed E-state index contributed by atoms with van der Waals surface area (Å²) >= 11 is 6.49. The maximum absolute atomic E-state index is 13.9. The number of hydrogen-bond donors (Lipinski definition) is 2. The van der Waals surface area contributed by atoms with Gasteiger partial charge in [-0.25, -0.2) is 9.97 Å². The van der Waals surface area contributed by atoms with Crippen molar-refractivity contribution in [2.75, 3.05) is 29.9 Å². The highest BCUT2D eigenvalue weighted by molar-refractivity contribution is 6.34. The molecular formula is C19H24ClFN6. The predicted molar refractivity (Wildman–Crippen MR) is 110 cm³/mol. The summed E-state index contributed by atoms with van der Waals surface area (Å²) in [5, 5.41) is 4.29.